The lowest BCUT2D eigenvalue weighted by Crippen LogP contribution is -2.02. The van der Waals surface area contributed by atoms with Crippen LogP contribution >= 0.6 is 0 Å². The van der Waals surface area contributed by atoms with Gasteiger partial charge in [-0.1, -0.05) is 12.1 Å². The highest BCUT2D eigenvalue weighted by Crippen LogP contribution is 2.24. The molecule has 1 aromatic rings. The number of para-hydroxylation sites is 1. The van der Waals surface area contributed by atoms with E-state index in [1.54, 1.807) is 18.2 Å². The summed E-state index contributed by atoms with van der Waals surface area (Å²) in [5, 5.41) is 0. The summed E-state index contributed by atoms with van der Waals surface area (Å²) in [5.74, 6) is 0.479. The molecule has 0 bridgehead atoms. The predicted octanol–water partition coefficient (Wildman–Crippen LogP) is 2.41. The Morgan fingerprint density at radius 3 is 2.79 bits per heavy atom. The molecule has 0 unspecified atom stereocenters. The molecule has 0 aliphatic heterocycles. The van der Waals surface area contributed by atoms with Crippen LogP contribution in [0.2, 0.25) is 0 Å². The molecule has 0 spiro atoms. The summed E-state index contributed by atoms with van der Waals surface area (Å²) in [6.45, 7) is 1.48. The molecular weight excluding hydrogens is 183 g/mol. The third-order valence-electron chi connectivity index (χ3n) is 1.96. The normalized spacial score (nSPS) is 12.2. The first kappa shape index (κ1) is 10.7. The molecule has 1 aromatic carbocycles. The Labute approximate surface area is 82.7 Å². The van der Waals surface area contributed by atoms with Crippen molar-refractivity contribution in [3.8, 4) is 5.75 Å². The standard InChI is InChI=1S/C11H13FO2/c1-8(12)6-9-4-3-5-10(7-13)11(9)14-2/h3-5,7-8H,6H2,1-2H3/t8-/m1/s1. The zero-order valence-electron chi connectivity index (χ0n) is 8.29. The molecule has 0 N–H and O–H groups in total. The second-order valence-electron chi connectivity index (χ2n) is 3.14. The predicted molar refractivity (Wildman–Crippen MR) is 52.7 cm³/mol. The minimum Gasteiger partial charge on any atom is -0.496 e. The van der Waals surface area contributed by atoms with E-state index in [-0.39, 0.29) is 6.42 Å². The van der Waals surface area contributed by atoms with Gasteiger partial charge in [-0.15, -0.1) is 0 Å². The Kier molecular flexibility index (Phi) is 3.63. The van der Waals surface area contributed by atoms with Crippen molar-refractivity contribution in [2.75, 3.05) is 7.11 Å². The van der Waals surface area contributed by atoms with Gasteiger partial charge < -0.3 is 4.74 Å². The summed E-state index contributed by atoms with van der Waals surface area (Å²) in [7, 11) is 1.48. The molecule has 0 fully saturated rings. The number of hydrogen-bond donors (Lipinski definition) is 0. The van der Waals surface area contributed by atoms with Gasteiger partial charge in [0, 0.05) is 6.42 Å². The Balaban J connectivity index is 3.08. The van der Waals surface area contributed by atoms with Crippen LogP contribution in [0.3, 0.4) is 0 Å². The van der Waals surface area contributed by atoms with Crippen LogP contribution in [0.5, 0.6) is 5.75 Å². The molecule has 76 valence electrons. The number of halogens is 1. The van der Waals surface area contributed by atoms with Crippen molar-refractivity contribution >= 4 is 6.29 Å². The fourth-order valence-electron chi connectivity index (χ4n) is 1.41. The highest BCUT2D eigenvalue weighted by Gasteiger charge is 2.10. The fourth-order valence-corrected chi connectivity index (χ4v) is 1.41. The number of benzene rings is 1. The molecule has 14 heavy (non-hydrogen) atoms. The van der Waals surface area contributed by atoms with Gasteiger partial charge in [0.15, 0.2) is 6.29 Å². The van der Waals surface area contributed by atoms with Gasteiger partial charge in [0.2, 0.25) is 0 Å². The topological polar surface area (TPSA) is 26.3 Å². The maximum absolute atomic E-state index is 12.8. The van der Waals surface area contributed by atoms with Crippen LogP contribution in [-0.4, -0.2) is 19.6 Å². The SMILES string of the molecule is COc1c(C=O)cccc1C[C@@H](C)F. The van der Waals surface area contributed by atoms with Crippen molar-refractivity contribution < 1.29 is 13.9 Å². The highest BCUT2D eigenvalue weighted by molar-refractivity contribution is 5.80. The first-order valence-corrected chi connectivity index (χ1v) is 4.44. The maximum atomic E-state index is 12.8. The van der Waals surface area contributed by atoms with Gasteiger partial charge in [-0.05, 0) is 18.6 Å². The van der Waals surface area contributed by atoms with Gasteiger partial charge in [0.25, 0.3) is 0 Å². The van der Waals surface area contributed by atoms with Gasteiger partial charge >= 0.3 is 0 Å². The third kappa shape index (κ3) is 2.31. The van der Waals surface area contributed by atoms with E-state index in [9.17, 15) is 9.18 Å². The van der Waals surface area contributed by atoms with Gasteiger partial charge in [0.05, 0.1) is 12.7 Å². The van der Waals surface area contributed by atoms with E-state index in [2.05, 4.69) is 0 Å². The van der Waals surface area contributed by atoms with Gasteiger partial charge in [-0.2, -0.15) is 0 Å². The molecule has 0 saturated heterocycles. The zero-order chi connectivity index (χ0) is 10.6. The van der Waals surface area contributed by atoms with E-state index < -0.39 is 6.17 Å². The van der Waals surface area contributed by atoms with Crippen molar-refractivity contribution in [1.82, 2.24) is 0 Å². The van der Waals surface area contributed by atoms with Crippen LogP contribution in [0.25, 0.3) is 0 Å². The first-order valence-electron chi connectivity index (χ1n) is 4.44. The van der Waals surface area contributed by atoms with Crippen molar-refractivity contribution in [3.05, 3.63) is 29.3 Å². The summed E-state index contributed by atoms with van der Waals surface area (Å²) < 4.78 is 17.9. The number of carbonyl (C=O) groups excluding carboxylic acids is 1. The third-order valence-corrected chi connectivity index (χ3v) is 1.96. The number of alkyl halides is 1. The van der Waals surface area contributed by atoms with Crippen LogP contribution in [0.15, 0.2) is 18.2 Å². The van der Waals surface area contributed by atoms with Crippen molar-refractivity contribution in [3.63, 3.8) is 0 Å². The van der Waals surface area contributed by atoms with Crippen LogP contribution in [0, 0.1) is 0 Å². The largest absolute Gasteiger partial charge is 0.496 e. The number of methoxy groups -OCH3 is 1. The van der Waals surface area contributed by atoms with Crippen LogP contribution in [-0.2, 0) is 6.42 Å². The van der Waals surface area contributed by atoms with Gasteiger partial charge in [-0.25, -0.2) is 4.39 Å². The maximum Gasteiger partial charge on any atom is 0.153 e. The van der Waals surface area contributed by atoms with Crippen molar-refractivity contribution in [2.45, 2.75) is 19.5 Å². The smallest absolute Gasteiger partial charge is 0.153 e. The highest BCUT2D eigenvalue weighted by atomic mass is 19.1. The van der Waals surface area contributed by atoms with Gasteiger partial charge in [0.1, 0.15) is 11.9 Å². The second-order valence-corrected chi connectivity index (χ2v) is 3.14. The monoisotopic (exact) mass is 196 g/mol. The molecule has 0 aliphatic rings. The lowest BCUT2D eigenvalue weighted by Gasteiger charge is -2.10. The van der Waals surface area contributed by atoms with Gasteiger partial charge in [-0.3, -0.25) is 4.79 Å². The quantitative estimate of drug-likeness (QED) is 0.691. The molecule has 0 saturated carbocycles. The molecule has 3 heteroatoms. The molecule has 2 nitrogen and oxygen atoms in total. The Morgan fingerprint density at radius 1 is 1.57 bits per heavy atom. The fraction of sp³-hybridized carbons (Fsp3) is 0.364. The minimum atomic E-state index is -0.939. The average molecular weight is 196 g/mol. The Bertz CT molecular complexity index is 321. The Hall–Kier alpha value is -1.38. The average Bonchev–Trinajstić information content (AvgIpc) is 2.16. The molecule has 0 amide bonds. The van der Waals surface area contributed by atoms with E-state index in [4.69, 9.17) is 4.74 Å². The molecule has 0 aromatic heterocycles. The molecule has 0 aliphatic carbocycles. The van der Waals surface area contributed by atoms with E-state index in [0.29, 0.717) is 17.6 Å². The summed E-state index contributed by atoms with van der Waals surface area (Å²) in [6.07, 6.45) is 0.0432. The lowest BCUT2D eigenvalue weighted by atomic mass is 10.0. The Morgan fingerprint density at radius 2 is 2.29 bits per heavy atom. The summed E-state index contributed by atoms with van der Waals surface area (Å²) in [6, 6.07) is 5.14. The number of rotatable bonds is 4. The zero-order valence-corrected chi connectivity index (χ0v) is 8.29. The van der Waals surface area contributed by atoms with Crippen LogP contribution in [0.1, 0.15) is 22.8 Å². The second kappa shape index (κ2) is 4.74. The van der Waals surface area contributed by atoms with Crippen molar-refractivity contribution in [2.24, 2.45) is 0 Å². The number of ether oxygens (including phenoxy) is 1. The number of hydrogen-bond acceptors (Lipinski definition) is 2. The van der Waals surface area contributed by atoms with E-state index in [0.717, 1.165) is 5.56 Å². The molecule has 0 radical (unpaired) electrons. The van der Waals surface area contributed by atoms with Crippen LogP contribution < -0.4 is 4.74 Å². The van der Waals surface area contributed by atoms with E-state index in [1.807, 2.05) is 0 Å². The summed E-state index contributed by atoms with van der Waals surface area (Å²) >= 11 is 0. The molecule has 1 rings (SSSR count). The summed E-state index contributed by atoms with van der Waals surface area (Å²) in [4.78, 5) is 10.7. The van der Waals surface area contributed by atoms with Crippen LogP contribution in [0.4, 0.5) is 4.39 Å². The van der Waals surface area contributed by atoms with Crippen molar-refractivity contribution in [1.29, 1.82) is 0 Å². The molecular formula is C11H13FO2. The minimum absolute atomic E-state index is 0.269. The molecule has 1 atom stereocenters. The number of aldehydes is 1. The first-order chi connectivity index (χ1) is 6.69. The lowest BCUT2D eigenvalue weighted by molar-refractivity contribution is 0.112. The number of carbonyl (C=O) groups is 1. The summed E-state index contributed by atoms with van der Waals surface area (Å²) in [5.41, 5.74) is 1.19. The van der Waals surface area contributed by atoms with E-state index in [1.165, 1.54) is 14.0 Å². The van der Waals surface area contributed by atoms with E-state index >= 15 is 0 Å². The molecule has 0 heterocycles.